The smallest absolute Gasteiger partial charge is 0.239 e. The van der Waals surface area contributed by atoms with Crippen molar-refractivity contribution in [1.82, 2.24) is 19.6 Å². The SMILES string of the molecule is Cc1ccc(-c2csc(NC(=O)C(C)Sc3nnc4ccc5ccccc5n34)n2)cc1. The number of amides is 1. The summed E-state index contributed by atoms with van der Waals surface area (Å²) in [6, 6.07) is 20.2. The summed E-state index contributed by atoms with van der Waals surface area (Å²) < 4.78 is 1.99. The fourth-order valence-corrected chi connectivity index (χ4v) is 4.89. The summed E-state index contributed by atoms with van der Waals surface area (Å²) in [5.41, 5.74) is 4.87. The van der Waals surface area contributed by atoms with Gasteiger partial charge >= 0.3 is 0 Å². The van der Waals surface area contributed by atoms with Crippen LogP contribution in [-0.4, -0.2) is 30.7 Å². The Morgan fingerprint density at radius 3 is 2.71 bits per heavy atom. The third kappa shape index (κ3) is 3.92. The van der Waals surface area contributed by atoms with E-state index in [4.69, 9.17) is 0 Å². The van der Waals surface area contributed by atoms with E-state index in [-0.39, 0.29) is 11.2 Å². The largest absolute Gasteiger partial charge is 0.301 e. The number of fused-ring (bicyclic) bond motifs is 3. The second-order valence-electron chi connectivity index (χ2n) is 7.22. The number of rotatable bonds is 5. The Balaban J connectivity index is 1.33. The topological polar surface area (TPSA) is 72.2 Å². The minimum atomic E-state index is -0.363. The lowest BCUT2D eigenvalue weighted by Gasteiger charge is -2.10. The summed E-state index contributed by atoms with van der Waals surface area (Å²) in [7, 11) is 0. The molecule has 5 aromatic rings. The molecule has 5 rings (SSSR count). The number of thioether (sulfide) groups is 1. The molecule has 1 unspecified atom stereocenters. The molecule has 31 heavy (non-hydrogen) atoms. The molecule has 0 spiro atoms. The van der Waals surface area contributed by atoms with Crippen LogP contribution >= 0.6 is 23.1 Å². The highest BCUT2D eigenvalue weighted by molar-refractivity contribution is 8.00. The van der Waals surface area contributed by atoms with Gasteiger partial charge in [0, 0.05) is 10.9 Å². The predicted octanol–water partition coefficient (Wildman–Crippen LogP) is 5.43. The highest BCUT2D eigenvalue weighted by Crippen LogP contribution is 2.28. The molecule has 2 aromatic carbocycles. The van der Waals surface area contributed by atoms with Crippen LogP contribution in [0.3, 0.4) is 0 Å². The number of aryl methyl sites for hydroxylation is 1. The molecule has 8 heteroatoms. The summed E-state index contributed by atoms with van der Waals surface area (Å²) >= 11 is 2.80. The average molecular weight is 446 g/mol. The Labute approximate surface area is 187 Å². The van der Waals surface area contributed by atoms with Crippen molar-refractivity contribution in [3.8, 4) is 11.3 Å². The lowest BCUT2D eigenvalue weighted by molar-refractivity contribution is -0.115. The van der Waals surface area contributed by atoms with Crippen molar-refractivity contribution in [3.63, 3.8) is 0 Å². The fourth-order valence-electron chi connectivity index (χ4n) is 3.30. The van der Waals surface area contributed by atoms with Crippen LogP contribution in [0, 0.1) is 6.92 Å². The van der Waals surface area contributed by atoms with Crippen LogP contribution in [0.2, 0.25) is 0 Å². The molecular formula is C23H19N5OS2. The number of hydrogen-bond donors (Lipinski definition) is 1. The zero-order valence-electron chi connectivity index (χ0n) is 16.9. The molecule has 1 amide bonds. The van der Waals surface area contributed by atoms with Crippen molar-refractivity contribution in [2.75, 3.05) is 5.32 Å². The molecule has 3 aromatic heterocycles. The molecular weight excluding hydrogens is 426 g/mol. The zero-order valence-corrected chi connectivity index (χ0v) is 18.6. The maximum absolute atomic E-state index is 12.8. The Morgan fingerprint density at radius 1 is 1.06 bits per heavy atom. The van der Waals surface area contributed by atoms with Crippen molar-refractivity contribution in [1.29, 1.82) is 0 Å². The van der Waals surface area contributed by atoms with E-state index in [2.05, 4.69) is 39.6 Å². The van der Waals surface area contributed by atoms with Gasteiger partial charge in [-0.25, -0.2) is 4.98 Å². The van der Waals surface area contributed by atoms with E-state index in [0.29, 0.717) is 10.3 Å². The molecule has 1 N–H and O–H groups in total. The number of thiazole rings is 1. The Bertz CT molecular complexity index is 1390. The third-order valence-electron chi connectivity index (χ3n) is 4.98. The van der Waals surface area contributed by atoms with Crippen LogP contribution in [0.1, 0.15) is 12.5 Å². The number of hydrogen-bond acceptors (Lipinski definition) is 6. The highest BCUT2D eigenvalue weighted by Gasteiger charge is 2.20. The molecule has 0 aliphatic rings. The number of aromatic nitrogens is 4. The Kier molecular flexibility index (Phi) is 5.17. The molecule has 0 bridgehead atoms. The van der Waals surface area contributed by atoms with Gasteiger partial charge in [0.1, 0.15) is 0 Å². The quantitative estimate of drug-likeness (QED) is 0.365. The normalized spacial score (nSPS) is 12.3. The second-order valence-corrected chi connectivity index (χ2v) is 9.39. The predicted molar refractivity (Wildman–Crippen MR) is 127 cm³/mol. The van der Waals surface area contributed by atoms with E-state index in [1.807, 2.05) is 65.2 Å². The van der Waals surface area contributed by atoms with Gasteiger partial charge in [-0.3, -0.25) is 9.20 Å². The number of nitrogens with one attached hydrogen (secondary N) is 1. The molecule has 0 aliphatic heterocycles. The first kappa shape index (κ1) is 19.7. The number of nitrogens with zero attached hydrogens (tertiary/aromatic N) is 4. The first-order valence-electron chi connectivity index (χ1n) is 9.81. The maximum Gasteiger partial charge on any atom is 0.239 e. The van der Waals surface area contributed by atoms with Crippen LogP contribution in [-0.2, 0) is 4.79 Å². The monoisotopic (exact) mass is 445 g/mol. The molecule has 0 fully saturated rings. The average Bonchev–Trinajstić information content (AvgIpc) is 3.41. The molecule has 0 radical (unpaired) electrons. The van der Waals surface area contributed by atoms with Crippen LogP contribution in [0.4, 0.5) is 5.13 Å². The summed E-state index contributed by atoms with van der Waals surface area (Å²) in [6.45, 7) is 3.91. The molecule has 1 atom stereocenters. The number of carbonyl (C=O) groups excluding carboxylic acids is 1. The minimum Gasteiger partial charge on any atom is -0.301 e. The minimum absolute atomic E-state index is 0.119. The van der Waals surface area contributed by atoms with Gasteiger partial charge in [-0.1, -0.05) is 59.8 Å². The van der Waals surface area contributed by atoms with E-state index in [0.717, 1.165) is 27.8 Å². The molecule has 0 aliphatic carbocycles. The number of anilines is 1. The summed E-state index contributed by atoms with van der Waals surface area (Å²) in [6.07, 6.45) is 0. The molecule has 6 nitrogen and oxygen atoms in total. The third-order valence-corrected chi connectivity index (χ3v) is 6.78. The van der Waals surface area contributed by atoms with Crippen LogP contribution in [0.25, 0.3) is 27.8 Å². The lowest BCUT2D eigenvalue weighted by atomic mass is 10.1. The number of para-hydroxylation sites is 1. The van der Waals surface area contributed by atoms with Crippen molar-refractivity contribution >= 4 is 50.7 Å². The fraction of sp³-hybridized carbons (Fsp3) is 0.130. The van der Waals surface area contributed by atoms with Crippen molar-refractivity contribution in [2.45, 2.75) is 24.3 Å². The van der Waals surface area contributed by atoms with Gasteiger partial charge in [0.15, 0.2) is 15.9 Å². The van der Waals surface area contributed by atoms with Gasteiger partial charge in [-0.05, 0) is 37.4 Å². The molecule has 0 saturated carbocycles. The highest BCUT2D eigenvalue weighted by atomic mass is 32.2. The van der Waals surface area contributed by atoms with E-state index in [9.17, 15) is 4.79 Å². The Hall–Kier alpha value is -3.23. The number of carbonyl (C=O) groups is 1. The van der Waals surface area contributed by atoms with Gasteiger partial charge in [0.25, 0.3) is 0 Å². The zero-order chi connectivity index (χ0) is 21.4. The molecule has 154 valence electrons. The summed E-state index contributed by atoms with van der Waals surface area (Å²) in [5, 5.41) is 15.5. The van der Waals surface area contributed by atoms with Crippen molar-refractivity contribution in [2.24, 2.45) is 0 Å². The number of benzene rings is 2. The van der Waals surface area contributed by atoms with Gasteiger partial charge in [0.2, 0.25) is 5.91 Å². The van der Waals surface area contributed by atoms with E-state index in [1.165, 1.54) is 28.7 Å². The standard InChI is InChI=1S/C23H19N5OS2/c1-14-7-9-16(10-8-14)18-13-30-22(24-18)25-21(29)15(2)31-23-27-26-20-12-11-17-5-3-4-6-19(17)28(20)23/h3-13,15H,1-2H3,(H,24,25,29). The van der Waals surface area contributed by atoms with Crippen LogP contribution in [0.15, 0.2) is 71.2 Å². The van der Waals surface area contributed by atoms with Crippen molar-refractivity contribution < 1.29 is 4.79 Å². The number of pyridine rings is 1. The summed E-state index contributed by atoms with van der Waals surface area (Å²) in [4.78, 5) is 17.4. The molecule has 3 heterocycles. The van der Waals surface area contributed by atoms with Crippen molar-refractivity contribution in [3.05, 3.63) is 71.6 Å². The van der Waals surface area contributed by atoms with E-state index < -0.39 is 0 Å². The van der Waals surface area contributed by atoms with Crippen LogP contribution < -0.4 is 5.32 Å². The second kappa shape index (κ2) is 8.13. The van der Waals surface area contributed by atoms with Gasteiger partial charge in [-0.2, -0.15) is 0 Å². The van der Waals surface area contributed by atoms with Gasteiger partial charge in [0.05, 0.1) is 16.5 Å². The Morgan fingerprint density at radius 2 is 1.87 bits per heavy atom. The summed E-state index contributed by atoms with van der Waals surface area (Å²) in [5.74, 6) is -0.119. The lowest BCUT2D eigenvalue weighted by Crippen LogP contribution is -2.22. The maximum atomic E-state index is 12.8. The van der Waals surface area contributed by atoms with E-state index >= 15 is 0 Å². The first-order chi connectivity index (χ1) is 15.1. The van der Waals surface area contributed by atoms with E-state index in [1.54, 1.807) is 0 Å². The molecule has 0 saturated heterocycles. The van der Waals surface area contributed by atoms with Gasteiger partial charge < -0.3 is 5.32 Å². The van der Waals surface area contributed by atoms with Gasteiger partial charge in [-0.15, -0.1) is 21.5 Å². The van der Waals surface area contributed by atoms with Crippen LogP contribution in [0.5, 0.6) is 0 Å². The first-order valence-corrected chi connectivity index (χ1v) is 11.6.